The predicted molar refractivity (Wildman–Crippen MR) is 84.6 cm³/mol. The van der Waals surface area contributed by atoms with E-state index >= 15 is 0 Å². The zero-order valence-corrected chi connectivity index (χ0v) is 13.4. The molecule has 1 aliphatic heterocycles. The van der Waals surface area contributed by atoms with Gasteiger partial charge in [0.2, 0.25) is 0 Å². The Morgan fingerprint density at radius 3 is 2.65 bits per heavy atom. The fourth-order valence-electron chi connectivity index (χ4n) is 3.06. The van der Waals surface area contributed by atoms with E-state index in [2.05, 4.69) is 9.55 Å². The Balaban J connectivity index is 2.26. The van der Waals surface area contributed by atoms with E-state index in [0.717, 1.165) is 42.4 Å². The molecule has 0 aromatic carbocycles. The van der Waals surface area contributed by atoms with Gasteiger partial charge in [0, 0.05) is 18.1 Å². The summed E-state index contributed by atoms with van der Waals surface area (Å²) in [5, 5.41) is 0.721. The van der Waals surface area contributed by atoms with E-state index in [9.17, 15) is 9.59 Å². The van der Waals surface area contributed by atoms with Crippen LogP contribution in [0.2, 0.25) is 0 Å². The normalized spacial score (nSPS) is 13.7. The average molecular weight is 316 g/mol. The molecular weight excluding hydrogens is 296 g/mol. The second-order valence-electron chi connectivity index (χ2n) is 5.45. The van der Waals surface area contributed by atoms with Gasteiger partial charge in [-0.15, -0.1) is 0 Å². The number of esters is 2. The van der Waals surface area contributed by atoms with Crippen LogP contribution in [0.25, 0.3) is 10.9 Å². The van der Waals surface area contributed by atoms with Crippen molar-refractivity contribution in [1.82, 2.24) is 9.55 Å². The Labute approximate surface area is 134 Å². The second kappa shape index (κ2) is 6.40. The van der Waals surface area contributed by atoms with Gasteiger partial charge in [0.05, 0.1) is 24.4 Å². The molecule has 0 atom stereocenters. The van der Waals surface area contributed by atoms with Crippen LogP contribution in [0, 0.1) is 0 Å². The molecule has 6 heteroatoms. The molecule has 0 spiro atoms. The summed E-state index contributed by atoms with van der Waals surface area (Å²) in [6.45, 7) is 4.83. The van der Waals surface area contributed by atoms with Crippen LogP contribution < -0.4 is 0 Å². The van der Waals surface area contributed by atoms with Gasteiger partial charge in [-0.2, -0.15) is 0 Å². The van der Waals surface area contributed by atoms with Crippen LogP contribution >= 0.6 is 0 Å². The largest absolute Gasteiger partial charge is 0.462 e. The lowest BCUT2D eigenvalue weighted by Crippen LogP contribution is -2.18. The maximum Gasteiger partial charge on any atom is 0.357 e. The third-order valence-corrected chi connectivity index (χ3v) is 4.00. The molecule has 0 N–H and O–H groups in total. The van der Waals surface area contributed by atoms with Crippen LogP contribution in [-0.2, 0) is 22.4 Å². The highest BCUT2D eigenvalue weighted by Crippen LogP contribution is 2.30. The van der Waals surface area contributed by atoms with Gasteiger partial charge in [-0.25, -0.2) is 14.6 Å². The SMILES string of the molecule is CCOC(=O)c1nc2c3c(ccn3CCCC2)c1C(=O)OCC. The highest BCUT2D eigenvalue weighted by atomic mass is 16.5. The first kappa shape index (κ1) is 15.5. The molecule has 6 nitrogen and oxygen atoms in total. The lowest BCUT2D eigenvalue weighted by Gasteiger charge is -2.12. The number of aryl methyl sites for hydroxylation is 2. The first-order valence-corrected chi connectivity index (χ1v) is 8.03. The first-order chi connectivity index (χ1) is 11.2. The molecule has 0 amide bonds. The van der Waals surface area contributed by atoms with Crippen LogP contribution in [0.1, 0.15) is 53.2 Å². The summed E-state index contributed by atoms with van der Waals surface area (Å²) in [7, 11) is 0. The molecular formula is C17H20N2O4. The molecule has 3 rings (SSSR count). The van der Waals surface area contributed by atoms with Crippen molar-refractivity contribution < 1.29 is 19.1 Å². The molecule has 2 aromatic rings. The van der Waals surface area contributed by atoms with Crippen LogP contribution in [0.3, 0.4) is 0 Å². The maximum absolute atomic E-state index is 12.4. The molecule has 0 fully saturated rings. The quantitative estimate of drug-likeness (QED) is 0.811. The van der Waals surface area contributed by atoms with Crippen molar-refractivity contribution in [1.29, 1.82) is 0 Å². The molecule has 23 heavy (non-hydrogen) atoms. The molecule has 0 bridgehead atoms. The Morgan fingerprint density at radius 2 is 1.91 bits per heavy atom. The number of hydrogen-bond acceptors (Lipinski definition) is 5. The third-order valence-electron chi connectivity index (χ3n) is 4.00. The number of nitrogens with zero attached hydrogens (tertiary/aromatic N) is 2. The summed E-state index contributed by atoms with van der Waals surface area (Å²) < 4.78 is 12.3. The Kier molecular flexibility index (Phi) is 4.32. The molecule has 0 saturated carbocycles. The van der Waals surface area contributed by atoms with Gasteiger partial charge < -0.3 is 14.0 Å². The van der Waals surface area contributed by atoms with Crippen molar-refractivity contribution in [2.75, 3.05) is 13.2 Å². The van der Waals surface area contributed by atoms with Crippen LogP contribution in [0.5, 0.6) is 0 Å². The minimum atomic E-state index is -0.578. The summed E-state index contributed by atoms with van der Waals surface area (Å²) in [6, 6.07) is 1.86. The topological polar surface area (TPSA) is 70.4 Å². The van der Waals surface area contributed by atoms with E-state index in [1.54, 1.807) is 13.8 Å². The summed E-state index contributed by atoms with van der Waals surface area (Å²) >= 11 is 0. The number of carbonyl (C=O) groups excluding carboxylic acids is 2. The van der Waals surface area contributed by atoms with E-state index in [-0.39, 0.29) is 24.5 Å². The van der Waals surface area contributed by atoms with Gasteiger partial charge in [-0.3, -0.25) is 0 Å². The Bertz CT molecular complexity index is 764. The monoisotopic (exact) mass is 316 g/mol. The van der Waals surface area contributed by atoms with Crippen molar-refractivity contribution in [3.63, 3.8) is 0 Å². The summed E-state index contributed by atoms with van der Waals surface area (Å²) in [5.74, 6) is -1.11. The highest BCUT2D eigenvalue weighted by Gasteiger charge is 2.28. The van der Waals surface area contributed by atoms with E-state index < -0.39 is 11.9 Å². The van der Waals surface area contributed by atoms with Gasteiger partial charge >= 0.3 is 11.9 Å². The van der Waals surface area contributed by atoms with Crippen molar-refractivity contribution in [3.05, 3.63) is 29.2 Å². The van der Waals surface area contributed by atoms with Crippen LogP contribution in [0.15, 0.2) is 12.3 Å². The lowest BCUT2D eigenvalue weighted by molar-refractivity contribution is 0.0475. The van der Waals surface area contributed by atoms with Gasteiger partial charge in [0.1, 0.15) is 5.56 Å². The van der Waals surface area contributed by atoms with Crippen molar-refractivity contribution in [3.8, 4) is 0 Å². The van der Waals surface area contributed by atoms with E-state index in [4.69, 9.17) is 9.47 Å². The molecule has 0 aliphatic carbocycles. The Morgan fingerprint density at radius 1 is 1.17 bits per heavy atom. The minimum absolute atomic E-state index is 0.0625. The van der Waals surface area contributed by atoms with E-state index in [1.807, 2.05) is 12.3 Å². The van der Waals surface area contributed by atoms with Gasteiger partial charge in [-0.1, -0.05) is 0 Å². The third kappa shape index (κ3) is 2.69. The van der Waals surface area contributed by atoms with Crippen LogP contribution in [0.4, 0.5) is 0 Å². The number of hydrogen-bond donors (Lipinski definition) is 0. The summed E-state index contributed by atoms with van der Waals surface area (Å²) in [6.07, 6.45) is 4.78. The van der Waals surface area contributed by atoms with Crippen molar-refractivity contribution >= 4 is 22.8 Å². The lowest BCUT2D eigenvalue weighted by atomic mass is 10.1. The maximum atomic E-state index is 12.4. The smallest absolute Gasteiger partial charge is 0.357 e. The molecule has 0 saturated heterocycles. The standard InChI is InChI=1S/C17H20N2O4/c1-3-22-16(20)13-11-8-10-19-9-6-5-7-12(15(11)19)18-14(13)17(21)23-4-2/h8,10H,3-7,9H2,1-2H3. The number of rotatable bonds is 4. The highest BCUT2D eigenvalue weighted by molar-refractivity contribution is 6.11. The van der Waals surface area contributed by atoms with Gasteiger partial charge in [0.15, 0.2) is 5.69 Å². The van der Waals surface area contributed by atoms with Gasteiger partial charge in [-0.05, 0) is 39.2 Å². The molecule has 1 aliphatic rings. The van der Waals surface area contributed by atoms with Gasteiger partial charge in [0.25, 0.3) is 0 Å². The first-order valence-electron chi connectivity index (χ1n) is 8.03. The molecule has 0 radical (unpaired) electrons. The van der Waals surface area contributed by atoms with Crippen LogP contribution in [-0.4, -0.2) is 34.7 Å². The zero-order valence-electron chi connectivity index (χ0n) is 13.4. The zero-order chi connectivity index (χ0) is 16.4. The van der Waals surface area contributed by atoms with E-state index in [0.29, 0.717) is 0 Å². The summed E-state index contributed by atoms with van der Waals surface area (Å²) in [4.78, 5) is 29.2. The number of carbonyl (C=O) groups is 2. The summed E-state index contributed by atoms with van der Waals surface area (Å²) in [5.41, 5.74) is 2.05. The minimum Gasteiger partial charge on any atom is -0.462 e. The van der Waals surface area contributed by atoms with E-state index in [1.165, 1.54) is 0 Å². The second-order valence-corrected chi connectivity index (χ2v) is 5.45. The Hall–Kier alpha value is -2.37. The number of aromatic nitrogens is 2. The van der Waals surface area contributed by atoms with Crippen molar-refractivity contribution in [2.45, 2.75) is 39.7 Å². The molecule has 0 unspecified atom stereocenters. The number of ether oxygens (including phenoxy) is 2. The molecule has 3 heterocycles. The fraction of sp³-hybridized carbons (Fsp3) is 0.471. The molecule has 2 aromatic heterocycles. The fourth-order valence-corrected chi connectivity index (χ4v) is 3.06. The number of pyridine rings is 1. The average Bonchev–Trinajstić information content (AvgIpc) is 2.83. The predicted octanol–water partition coefficient (Wildman–Crippen LogP) is 2.73. The van der Waals surface area contributed by atoms with Crippen molar-refractivity contribution in [2.24, 2.45) is 0 Å². The molecule has 122 valence electrons.